The molecule has 0 aromatic heterocycles. The van der Waals surface area contributed by atoms with Gasteiger partial charge in [-0.25, -0.2) is 9.59 Å². The molecule has 1 aliphatic rings. The molecule has 6 heteroatoms. The standard InChI is InChI=1S/C21H25N3O3/c1-16-14-23(15-18-5-3-2-4-6-18)11-12-24(16)21(27)22-13-17-7-9-19(10-8-17)20(25)26/h2-10,16H,11-15H2,1H3,(H,22,27)(H,25,26)/t16-/m1/s1. The van der Waals surface area contributed by atoms with Crippen molar-refractivity contribution in [3.8, 4) is 0 Å². The van der Waals surface area contributed by atoms with Gasteiger partial charge in [-0.3, -0.25) is 4.90 Å². The van der Waals surface area contributed by atoms with E-state index in [4.69, 9.17) is 5.11 Å². The molecule has 1 saturated heterocycles. The van der Waals surface area contributed by atoms with Gasteiger partial charge in [0, 0.05) is 38.8 Å². The van der Waals surface area contributed by atoms with Crippen LogP contribution < -0.4 is 5.32 Å². The molecule has 1 fully saturated rings. The number of benzene rings is 2. The summed E-state index contributed by atoms with van der Waals surface area (Å²) in [5.74, 6) is -0.951. The summed E-state index contributed by atoms with van der Waals surface area (Å²) in [4.78, 5) is 27.6. The molecule has 6 nitrogen and oxygen atoms in total. The lowest BCUT2D eigenvalue weighted by atomic mass is 10.1. The number of amides is 2. The van der Waals surface area contributed by atoms with Crippen molar-refractivity contribution in [2.24, 2.45) is 0 Å². The van der Waals surface area contributed by atoms with Gasteiger partial charge in [0.05, 0.1) is 5.56 Å². The molecule has 0 radical (unpaired) electrons. The molecular weight excluding hydrogens is 342 g/mol. The zero-order valence-corrected chi connectivity index (χ0v) is 15.5. The molecule has 1 aliphatic heterocycles. The zero-order chi connectivity index (χ0) is 19.2. The Balaban J connectivity index is 1.48. The lowest BCUT2D eigenvalue weighted by Crippen LogP contribution is -2.56. The number of nitrogens with zero attached hydrogens (tertiary/aromatic N) is 2. The average molecular weight is 367 g/mol. The number of hydrogen-bond donors (Lipinski definition) is 2. The van der Waals surface area contributed by atoms with Crippen LogP contribution in [0, 0.1) is 0 Å². The summed E-state index contributed by atoms with van der Waals surface area (Å²) in [7, 11) is 0. The summed E-state index contributed by atoms with van der Waals surface area (Å²) in [6.07, 6.45) is 0. The van der Waals surface area contributed by atoms with Crippen LogP contribution in [0.25, 0.3) is 0 Å². The van der Waals surface area contributed by atoms with Crippen molar-refractivity contribution >= 4 is 12.0 Å². The van der Waals surface area contributed by atoms with Crippen LogP contribution in [0.15, 0.2) is 54.6 Å². The molecular formula is C21H25N3O3. The van der Waals surface area contributed by atoms with E-state index in [1.165, 1.54) is 5.56 Å². The fourth-order valence-corrected chi connectivity index (χ4v) is 3.36. The van der Waals surface area contributed by atoms with E-state index in [9.17, 15) is 9.59 Å². The number of hydrogen-bond acceptors (Lipinski definition) is 3. The number of carboxylic acids is 1. The largest absolute Gasteiger partial charge is 0.478 e. The van der Waals surface area contributed by atoms with Gasteiger partial charge in [-0.05, 0) is 30.2 Å². The van der Waals surface area contributed by atoms with Gasteiger partial charge in [0.15, 0.2) is 0 Å². The second kappa shape index (κ2) is 8.68. The minimum atomic E-state index is -0.951. The van der Waals surface area contributed by atoms with Crippen molar-refractivity contribution in [2.45, 2.75) is 26.1 Å². The third-order valence-electron chi connectivity index (χ3n) is 4.87. The number of nitrogens with one attached hydrogen (secondary N) is 1. The van der Waals surface area contributed by atoms with Crippen molar-refractivity contribution < 1.29 is 14.7 Å². The van der Waals surface area contributed by atoms with Gasteiger partial charge in [-0.1, -0.05) is 42.5 Å². The van der Waals surface area contributed by atoms with Crippen LogP contribution in [0.4, 0.5) is 4.79 Å². The summed E-state index contributed by atoms with van der Waals surface area (Å²) in [6, 6.07) is 17.0. The Kier molecular flexibility index (Phi) is 6.08. The minimum absolute atomic E-state index is 0.0795. The molecule has 0 bridgehead atoms. The second-order valence-corrected chi connectivity index (χ2v) is 6.92. The molecule has 142 valence electrons. The molecule has 2 amide bonds. The van der Waals surface area contributed by atoms with Crippen LogP contribution in [-0.4, -0.2) is 52.6 Å². The average Bonchev–Trinajstić information content (AvgIpc) is 2.67. The Hall–Kier alpha value is -2.86. The van der Waals surface area contributed by atoms with Crippen molar-refractivity contribution in [3.05, 3.63) is 71.3 Å². The number of carbonyl (C=O) groups excluding carboxylic acids is 1. The van der Waals surface area contributed by atoms with Crippen molar-refractivity contribution in [3.63, 3.8) is 0 Å². The molecule has 2 N–H and O–H groups in total. The van der Waals surface area contributed by atoms with Gasteiger partial charge >= 0.3 is 12.0 Å². The summed E-state index contributed by atoms with van der Waals surface area (Å²) in [5, 5.41) is 11.9. The highest BCUT2D eigenvalue weighted by Crippen LogP contribution is 2.13. The third kappa shape index (κ3) is 5.08. The Morgan fingerprint density at radius 1 is 1.04 bits per heavy atom. The second-order valence-electron chi connectivity index (χ2n) is 6.92. The van der Waals surface area contributed by atoms with E-state index in [1.807, 2.05) is 23.1 Å². The summed E-state index contributed by atoms with van der Waals surface area (Å²) < 4.78 is 0. The predicted octanol–water partition coefficient (Wildman–Crippen LogP) is 2.80. The first-order valence-electron chi connectivity index (χ1n) is 9.16. The number of aromatic carboxylic acids is 1. The molecule has 0 saturated carbocycles. The van der Waals surface area contributed by atoms with E-state index in [-0.39, 0.29) is 17.6 Å². The number of carbonyl (C=O) groups is 2. The molecule has 1 heterocycles. The van der Waals surface area contributed by atoms with Gasteiger partial charge in [0.2, 0.25) is 0 Å². The van der Waals surface area contributed by atoms with Crippen LogP contribution in [0.1, 0.15) is 28.4 Å². The van der Waals surface area contributed by atoms with Gasteiger partial charge < -0.3 is 15.3 Å². The van der Waals surface area contributed by atoms with E-state index < -0.39 is 5.97 Å². The van der Waals surface area contributed by atoms with Crippen LogP contribution in [0.5, 0.6) is 0 Å². The lowest BCUT2D eigenvalue weighted by Gasteiger charge is -2.39. The number of carboxylic acid groups (broad SMARTS) is 1. The van der Waals surface area contributed by atoms with E-state index in [0.717, 1.165) is 25.2 Å². The van der Waals surface area contributed by atoms with Crippen LogP contribution in [-0.2, 0) is 13.1 Å². The van der Waals surface area contributed by atoms with Crippen LogP contribution >= 0.6 is 0 Å². The quantitative estimate of drug-likeness (QED) is 0.852. The van der Waals surface area contributed by atoms with Gasteiger partial charge in [-0.2, -0.15) is 0 Å². The Morgan fingerprint density at radius 2 is 1.74 bits per heavy atom. The summed E-state index contributed by atoms with van der Waals surface area (Å²) in [6.45, 7) is 5.73. The molecule has 0 spiro atoms. The molecule has 2 aromatic rings. The topological polar surface area (TPSA) is 72.9 Å². The van der Waals surface area contributed by atoms with Crippen molar-refractivity contribution in [2.75, 3.05) is 19.6 Å². The van der Waals surface area contributed by atoms with Crippen LogP contribution in [0.2, 0.25) is 0 Å². The molecule has 0 unspecified atom stereocenters. The van der Waals surface area contributed by atoms with E-state index >= 15 is 0 Å². The maximum Gasteiger partial charge on any atom is 0.335 e. The maximum absolute atomic E-state index is 12.5. The molecule has 2 aromatic carbocycles. The first kappa shape index (κ1) is 18.9. The zero-order valence-electron chi connectivity index (χ0n) is 15.5. The smallest absolute Gasteiger partial charge is 0.335 e. The highest BCUT2D eigenvalue weighted by Gasteiger charge is 2.27. The van der Waals surface area contributed by atoms with Gasteiger partial charge in [0.25, 0.3) is 0 Å². The van der Waals surface area contributed by atoms with Gasteiger partial charge in [-0.15, -0.1) is 0 Å². The fourth-order valence-electron chi connectivity index (χ4n) is 3.36. The fraction of sp³-hybridized carbons (Fsp3) is 0.333. The highest BCUT2D eigenvalue weighted by atomic mass is 16.4. The third-order valence-corrected chi connectivity index (χ3v) is 4.87. The van der Waals surface area contributed by atoms with E-state index in [2.05, 4.69) is 29.3 Å². The number of rotatable bonds is 5. The van der Waals surface area contributed by atoms with Crippen LogP contribution in [0.3, 0.4) is 0 Å². The summed E-state index contributed by atoms with van der Waals surface area (Å²) >= 11 is 0. The highest BCUT2D eigenvalue weighted by molar-refractivity contribution is 5.87. The molecule has 0 aliphatic carbocycles. The van der Waals surface area contributed by atoms with E-state index in [0.29, 0.717) is 13.1 Å². The maximum atomic E-state index is 12.5. The Morgan fingerprint density at radius 3 is 2.37 bits per heavy atom. The molecule has 1 atom stereocenters. The monoisotopic (exact) mass is 367 g/mol. The number of piperazine rings is 1. The van der Waals surface area contributed by atoms with Crippen molar-refractivity contribution in [1.29, 1.82) is 0 Å². The summed E-state index contributed by atoms with van der Waals surface area (Å²) in [5.41, 5.74) is 2.41. The first-order valence-corrected chi connectivity index (χ1v) is 9.16. The normalized spacial score (nSPS) is 17.5. The lowest BCUT2D eigenvalue weighted by molar-refractivity contribution is 0.0696. The predicted molar refractivity (Wildman–Crippen MR) is 104 cm³/mol. The number of urea groups is 1. The first-order chi connectivity index (χ1) is 13.0. The van der Waals surface area contributed by atoms with Gasteiger partial charge in [0.1, 0.15) is 0 Å². The Bertz CT molecular complexity index is 777. The van der Waals surface area contributed by atoms with Crippen molar-refractivity contribution in [1.82, 2.24) is 15.1 Å². The minimum Gasteiger partial charge on any atom is -0.478 e. The van der Waals surface area contributed by atoms with E-state index in [1.54, 1.807) is 24.3 Å². The molecule has 27 heavy (non-hydrogen) atoms. The molecule has 3 rings (SSSR count). The Labute approximate surface area is 159 Å². The SMILES string of the molecule is C[C@@H]1CN(Cc2ccccc2)CCN1C(=O)NCc1ccc(C(=O)O)cc1.